The minimum atomic E-state index is -3.86. The number of carbonyl (C=O) groups is 2. The van der Waals surface area contributed by atoms with Gasteiger partial charge in [0.2, 0.25) is 15.9 Å². The van der Waals surface area contributed by atoms with E-state index in [0.717, 1.165) is 0 Å². The van der Waals surface area contributed by atoms with Gasteiger partial charge in [-0.2, -0.15) is 4.31 Å². The molecule has 0 unspecified atom stereocenters. The van der Waals surface area contributed by atoms with E-state index in [1.807, 2.05) is 25.1 Å². The summed E-state index contributed by atoms with van der Waals surface area (Å²) in [5.74, 6) is -0.113. The van der Waals surface area contributed by atoms with Crippen molar-refractivity contribution in [2.75, 3.05) is 37.4 Å². The van der Waals surface area contributed by atoms with Crippen LogP contribution in [0.5, 0.6) is 5.75 Å². The standard InChI is InChI=1S/C30H35ClN4O6S/c1-20-17-35(21(2)19-36)29(37)16-22-15-25(33-30(38)32-24-7-5-4-6-8-24)11-14-27(22)41-28(20)18-34(3)42(39,40)26-12-9-23(31)10-13-26/h4-15,20-21,28,36H,16-19H2,1-3H3,(H2,32,33,38)/t20-,21+,28+/m1/s1. The number of nitrogens with zero attached hydrogens (tertiary/aromatic N) is 2. The molecule has 10 nitrogen and oxygen atoms in total. The molecular formula is C30H35ClN4O6S. The third-order valence-corrected chi connectivity index (χ3v) is 9.25. The maximum Gasteiger partial charge on any atom is 0.323 e. The molecule has 1 aliphatic rings. The molecule has 3 aromatic carbocycles. The maximum atomic E-state index is 13.4. The SMILES string of the molecule is C[C@@H]1CN([C@@H](C)CO)C(=O)Cc2cc(NC(=O)Nc3ccccc3)ccc2O[C@H]1CN(C)S(=O)(=O)c1ccc(Cl)cc1. The fourth-order valence-electron chi connectivity index (χ4n) is 4.68. The van der Waals surface area contributed by atoms with Crippen LogP contribution >= 0.6 is 11.6 Å². The van der Waals surface area contributed by atoms with Crippen LogP contribution in [0.15, 0.2) is 77.7 Å². The van der Waals surface area contributed by atoms with E-state index in [4.69, 9.17) is 16.3 Å². The van der Waals surface area contributed by atoms with Gasteiger partial charge in [-0.05, 0) is 61.5 Å². The van der Waals surface area contributed by atoms with Gasteiger partial charge in [0.25, 0.3) is 0 Å². The lowest BCUT2D eigenvalue weighted by atomic mass is 10.0. The highest BCUT2D eigenvalue weighted by Crippen LogP contribution is 2.30. The Balaban J connectivity index is 1.62. The van der Waals surface area contributed by atoms with Gasteiger partial charge in [0, 0.05) is 41.5 Å². The number of likely N-dealkylation sites (N-methyl/N-ethyl adjacent to an activating group) is 1. The molecular weight excluding hydrogens is 580 g/mol. The van der Waals surface area contributed by atoms with Crippen LogP contribution in [0.3, 0.4) is 0 Å². The Bertz CT molecular complexity index is 1500. The summed E-state index contributed by atoms with van der Waals surface area (Å²) >= 11 is 5.95. The summed E-state index contributed by atoms with van der Waals surface area (Å²) in [7, 11) is -2.38. The number of hydrogen-bond acceptors (Lipinski definition) is 6. The Labute approximate surface area is 251 Å². The summed E-state index contributed by atoms with van der Waals surface area (Å²) in [6, 6.07) is 19.0. The summed E-state index contributed by atoms with van der Waals surface area (Å²) in [5, 5.41) is 15.8. The van der Waals surface area contributed by atoms with Crippen molar-refractivity contribution in [2.24, 2.45) is 5.92 Å². The van der Waals surface area contributed by atoms with Gasteiger partial charge in [0.15, 0.2) is 0 Å². The van der Waals surface area contributed by atoms with Gasteiger partial charge < -0.3 is 25.4 Å². The van der Waals surface area contributed by atoms with Crippen LogP contribution in [0, 0.1) is 5.92 Å². The fourth-order valence-corrected chi connectivity index (χ4v) is 5.99. The lowest BCUT2D eigenvalue weighted by molar-refractivity contribution is -0.134. The molecule has 0 bridgehead atoms. The van der Waals surface area contributed by atoms with Crippen molar-refractivity contribution in [1.29, 1.82) is 0 Å². The van der Waals surface area contributed by atoms with Gasteiger partial charge in [0.1, 0.15) is 11.9 Å². The van der Waals surface area contributed by atoms with Crippen LogP contribution in [-0.4, -0.2) is 73.6 Å². The van der Waals surface area contributed by atoms with E-state index in [9.17, 15) is 23.1 Å². The van der Waals surface area contributed by atoms with Gasteiger partial charge in [-0.25, -0.2) is 13.2 Å². The number of sulfonamides is 1. The van der Waals surface area contributed by atoms with Crippen LogP contribution in [0.1, 0.15) is 19.4 Å². The summed E-state index contributed by atoms with van der Waals surface area (Å²) in [6.07, 6.45) is -0.677. The molecule has 42 heavy (non-hydrogen) atoms. The van der Waals surface area contributed by atoms with Crippen molar-refractivity contribution in [1.82, 2.24) is 9.21 Å². The highest BCUT2D eigenvalue weighted by Gasteiger charge is 2.33. The molecule has 1 heterocycles. The molecule has 3 N–H and O–H groups in total. The summed E-state index contributed by atoms with van der Waals surface area (Å²) < 4.78 is 34.3. The van der Waals surface area contributed by atoms with E-state index in [1.165, 1.54) is 35.6 Å². The highest BCUT2D eigenvalue weighted by molar-refractivity contribution is 7.89. The Morgan fingerprint density at radius 3 is 2.43 bits per heavy atom. The largest absolute Gasteiger partial charge is 0.488 e. The third-order valence-electron chi connectivity index (χ3n) is 7.16. The number of hydrogen-bond donors (Lipinski definition) is 3. The number of fused-ring (bicyclic) bond motifs is 1. The Hall–Kier alpha value is -3.64. The normalized spacial score (nSPS) is 18.2. The van der Waals surface area contributed by atoms with E-state index in [-0.39, 0.29) is 42.8 Å². The minimum absolute atomic E-state index is 0.000581. The maximum absolute atomic E-state index is 13.4. The van der Waals surface area contributed by atoms with Crippen LogP contribution in [0.4, 0.5) is 16.2 Å². The first-order valence-electron chi connectivity index (χ1n) is 13.5. The Morgan fingerprint density at radius 1 is 1.10 bits per heavy atom. The monoisotopic (exact) mass is 614 g/mol. The first-order valence-corrected chi connectivity index (χ1v) is 15.3. The number of anilines is 2. The second-order valence-electron chi connectivity index (χ2n) is 10.4. The number of aliphatic hydroxyl groups excluding tert-OH is 1. The number of halogens is 1. The number of amides is 3. The van der Waals surface area contributed by atoms with Gasteiger partial charge >= 0.3 is 6.03 Å². The van der Waals surface area contributed by atoms with Gasteiger partial charge in [0.05, 0.1) is 30.5 Å². The third kappa shape index (κ3) is 7.60. The molecule has 3 amide bonds. The number of rotatable bonds is 8. The van der Waals surface area contributed by atoms with Gasteiger partial charge in [-0.1, -0.05) is 36.7 Å². The molecule has 3 atom stereocenters. The summed E-state index contributed by atoms with van der Waals surface area (Å²) in [5.41, 5.74) is 1.60. The molecule has 3 aromatic rings. The highest BCUT2D eigenvalue weighted by atomic mass is 35.5. The second kappa shape index (κ2) is 13.6. The number of benzene rings is 3. The average molecular weight is 615 g/mol. The van der Waals surface area contributed by atoms with Gasteiger partial charge in [-0.15, -0.1) is 0 Å². The first kappa shape index (κ1) is 31.3. The predicted molar refractivity (Wildman–Crippen MR) is 162 cm³/mol. The molecule has 0 saturated carbocycles. The number of para-hydroxylation sites is 1. The van der Waals surface area contributed by atoms with Crippen molar-refractivity contribution in [3.63, 3.8) is 0 Å². The zero-order valence-corrected chi connectivity index (χ0v) is 25.2. The molecule has 4 rings (SSSR count). The lowest BCUT2D eigenvalue weighted by Crippen LogP contribution is -2.48. The predicted octanol–water partition coefficient (Wildman–Crippen LogP) is 4.45. The molecule has 1 aliphatic heterocycles. The van der Waals surface area contributed by atoms with Crippen LogP contribution < -0.4 is 15.4 Å². The smallest absolute Gasteiger partial charge is 0.323 e. The topological polar surface area (TPSA) is 128 Å². The number of ether oxygens (including phenoxy) is 1. The zero-order valence-electron chi connectivity index (χ0n) is 23.7. The molecule has 0 saturated heterocycles. The van der Waals surface area contributed by atoms with Crippen molar-refractivity contribution in [2.45, 2.75) is 37.3 Å². The van der Waals surface area contributed by atoms with E-state index >= 15 is 0 Å². The fraction of sp³-hybridized carbons (Fsp3) is 0.333. The lowest BCUT2D eigenvalue weighted by Gasteiger charge is -2.33. The molecule has 0 aliphatic carbocycles. The average Bonchev–Trinajstić information content (AvgIpc) is 3.00. The molecule has 0 spiro atoms. The van der Waals surface area contributed by atoms with Crippen LogP contribution in [0.25, 0.3) is 0 Å². The van der Waals surface area contributed by atoms with Crippen molar-refractivity contribution in [3.8, 4) is 5.75 Å². The van der Waals surface area contributed by atoms with E-state index < -0.39 is 28.2 Å². The van der Waals surface area contributed by atoms with Crippen LogP contribution in [0.2, 0.25) is 5.02 Å². The summed E-state index contributed by atoms with van der Waals surface area (Å²) in [6.45, 7) is 3.65. The zero-order chi connectivity index (χ0) is 30.4. The van der Waals surface area contributed by atoms with E-state index in [2.05, 4.69) is 10.6 Å². The minimum Gasteiger partial charge on any atom is -0.488 e. The Kier molecular flexibility index (Phi) is 10.1. The molecule has 0 aromatic heterocycles. The van der Waals surface area contributed by atoms with E-state index in [0.29, 0.717) is 27.7 Å². The van der Waals surface area contributed by atoms with Crippen molar-refractivity contribution >= 4 is 44.9 Å². The Morgan fingerprint density at radius 2 is 1.76 bits per heavy atom. The van der Waals surface area contributed by atoms with Crippen molar-refractivity contribution < 1.29 is 27.9 Å². The van der Waals surface area contributed by atoms with E-state index in [1.54, 1.807) is 42.2 Å². The number of aliphatic hydroxyl groups is 1. The first-order chi connectivity index (χ1) is 20.0. The quantitative estimate of drug-likeness (QED) is 0.344. The molecule has 12 heteroatoms. The number of nitrogens with one attached hydrogen (secondary N) is 2. The van der Waals surface area contributed by atoms with Crippen LogP contribution in [-0.2, 0) is 21.2 Å². The molecule has 0 radical (unpaired) electrons. The number of carbonyl (C=O) groups excluding carboxylic acids is 2. The number of urea groups is 1. The van der Waals surface area contributed by atoms with Crippen molar-refractivity contribution in [3.05, 3.63) is 83.4 Å². The van der Waals surface area contributed by atoms with Gasteiger partial charge in [-0.3, -0.25) is 4.79 Å². The molecule has 0 fully saturated rings. The second-order valence-corrected chi connectivity index (χ2v) is 12.9. The molecule has 224 valence electrons. The summed E-state index contributed by atoms with van der Waals surface area (Å²) in [4.78, 5) is 27.7.